The van der Waals surface area contributed by atoms with Gasteiger partial charge in [0.2, 0.25) is 5.91 Å². The Morgan fingerprint density at radius 1 is 1.36 bits per heavy atom. The zero-order valence-corrected chi connectivity index (χ0v) is 9.12. The lowest BCUT2D eigenvalue weighted by Gasteiger charge is -2.46. The van der Waals surface area contributed by atoms with Gasteiger partial charge < -0.3 is 10.2 Å². The van der Waals surface area contributed by atoms with Crippen molar-refractivity contribution in [2.75, 3.05) is 13.6 Å². The Labute approximate surface area is 85.8 Å². The first-order valence-electron chi connectivity index (χ1n) is 5.70. The summed E-state index contributed by atoms with van der Waals surface area (Å²) in [6, 6.07) is 0.526. The molecule has 3 fully saturated rings. The Hall–Kier alpha value is -0.570. The van der Waals surface area contributed by atoms with Crippen molar-refractivity contribution in [3.63, 3.8) is 0 Å². The van der Waals surface area contributed by atoms with E-state index in [9.17, 15) is 4.79 Å². The molecule has 2 heterocycles. The third-order valence-electron chi connectivity index (χ3n) is 3.80. The van der Waals surface area contributed by atoms with Crippen molar-refractivity contribution in [1.82, 2.24) is 10.2 Å². The topological polar surface area (TPSA) is 32.3 Å². The van der Waals surface area contributed by atoms with Gasteiger partial charge in [-0.25, -0.2) is 0 Å². The summed E-state index contributed by atoms with van der Waals surface area (Å²) < 4.78 is 0. The van der Waals surface area contributed by atoms with Crippen molar-refractivity contribution in [2.24, 2.45) is 5.92 Å². The van der Waals surface area contributed by atoms with Crippen molar-refractivity contribution < 1.29 is 4.79 Å². The molecule has 3 rings (SSSR count). The molecule has 14 heavy (non-hydrogen) atoms. The molecule has 0 radical (unpaired) electrons. The number of nitrogens with zero attached hydrogens (tertiary/aromatic N) is 1. The summed E-state index contributed by atoms with van der Waals surface area (Å²) in [7, 11) is 1.85. The van der Waals surface area contributed by atoms with Crippen LogP contribution in [0.2, 0.25) is 0 Å². The van der Waals surface area contributed by atoms with E-state index < -0.39 is 0 Å². The fourth-order valence-corrected chi connectivity index (χ4v) is 2.71. The number of carbonyl (C=O) groups excluding carboxylic acids is 1. The number of nitrogens with one attached hydrogen (secondary N) is 1. The molecule has 2 aliphatic heterocycles. The maximum Gasteiger partial charge on any atom is 0.239 e. The van der Waals surface area contributed by atoms with Crippen LogP contribution in [-0.4, -0.2) is 36.5 Å². The van der Waals surface area contributed by atoms with Gasteiger partial charge in [0.1, 0.15) is 0 Å². The number of likely N-dealkylation sites (N-methyl/N-ethyl adjacent to an activating group) is 1. The van der Waals surface area contributed by atoms with Gasteiger partial charge in [-0.15, -0.1) is 0 Å². The molecule has 1 aliphatic carbocycles. The minimum absolute atomic E-state index is 0.0191. The molecule has 80 valence electrons. The van der Waals surface area contributed by atoms with Crippen molar-refractivity contribution in [3.05, 3.63) is 0 Å². The van der Waals surface area contributed by atoms with Crippen LogP contribution in [-0.2, 0) is 4.79 Å². The molecular formula is C11H20N2O. The second-order valence-electron chi connectivity index (χ2n) is 4.68. The molecule has 3 aliphatic rings. The third kappa shape index (κ3) is 1.65. The van der Waals surface area contributed by atoms with Gasteiger partial charge in [-0.1, -0.05) is 0 Å². The largest absolute Gasteiger partial charge is 0.338 e. The van der Waals surface area contributed by atoms with Crippen molar-refractivity contribution in [1.29, 1.82) is 0 Å². The molecule has 2 saturated heterocycles. The van der Waals surface area contributed by atoms with Crippen molar-refractivity contribution in [2.45, 2.75) is 44.7 Å². The van der Waals surface area contributed by atoms with E-state index in [1.807, 2.05) is 14.0 Å². The molecule has 1 N–H and O–H groups in total. The van der Waals surface area contributed by atoms with E-state index in [1.54, 1.807) is 0 Å². The summed E-state index contributed by atoms with van der Waals surface area (Å²) in [5.41, 5.74) is 0. The van der Waals surface area contributed by atoms with Gasteiger partial charge in [0.25, 0.3) is 0 Å². The van der Waals surface area contributed by atoms with Crippen LogP contribution in [0, 0.1) is 5.92 Å². The molecule has 0 unspecified atom stereocenters. The molecule has 0 aromatic heterocycles. The lowest BCUT2D eigenvalue weighted by molar-refractivity contribution is -0.140. The first-order chi connectivity index (χ1) is 6.72. The van der Waals surface area contributed by atoms with E-state index in [4.69, 9.17) is 0 Å². The highest BCUT2D eigenvalue weighted by Crippen LogP contribution is 2.34. The highest BCUT2D eigenvalue weighted by Gasteiger charge is 2.37. The standard InChI is InChI=1S/C11H20N2O/c1-8(12-2)11(14)13-7-9-3-5-10(13)6-4-9/h8-10,12H,3-7H2,1-2H3/t8-,9?,10?/m0/s1. The minimum Gasteiger partial charge on any atom is -0.338 e. The number of hydrogen-bond acceptors (Lipinski definition) is 2. The average molecular weight is 196 g/mol. The number of carbonyl (C=O) groups is 1. The molecule has 2 bridgehead atoms. The number of hydrogen-bond donors (Lipinski definition) is 1. The third-order valence-corrected chi connectivity index (χ3v) is 3.80. The van der Waals surface area contributed by atoms with Crippen LogP contribution in [0.1, 0.15) is 32.6 Å². The Bertz CT molecular complexity index is 221. The number of fused-ring (bicyclic) bond motifs is 3. The van der Waals surface area contributed by atoms with Gasteiger partial charge in [-0.3, -0.25) is 4.79 Å². The van der Waals surface area contributed by atoms with Crippen LogP contribution in [0.3, 0.4) is 0 Å². The van der Waals surface area contributed by atoms with Crippen molar-refractivity contribution >= 4 is 5.91 Å². The smallest absolute Gasteiger partial charge is 0.239 e. The predicted octanol–water partition coefficient (Wildman–Crippen LogP) is 0.995. The summed E-state index contributed by atoms with van der Waals surface area (Å²) in [6.07, 6.45) is 5.13. The van der Waals surface area contributed by atoms with Gasteiger partial charge in [-0.05, 0) is 45.6 Å². The van der Waals surface area contributed by atoms with Crippen LogP contribution in [0.4, 0.5) is 0 Å². The molecule has 0 aromatic rings. The van der Waals surface area contributed by atoms with E-state index in [1.165, 1.54) is 25.7 Å². The summed E-state index contributed by atoms with van der Waals surface area (Å²) in [4.78, 5) is 14.1. The van der Waals surface area contributed by atoms with Crippen LogP contribution in [0.5, 0.6) is 0 Å². The second kappa shape index (κ2) is 3.89. The summed E-state index contributed by atoms with van der Waals surface area (Å²) in [5, 5.41) is 3.03. The molecule has 1 amide bonds. The predicted molar refractivity (Wildman–Crippen MR) is 56.0 cm³/mol. The summed E-state index contributed by atoms with van der Waals surface area (Å²) in [5.74, 6) is 1.08. The fourth-order valence-electron chi connectivity index (χ4n) is 2.71. The monoisotopic (exact) mass is 196 g/mol. The Kier molecular flexibility index (Phi) is 2.77. The van der Waals surface area contributed by atoms with Gasteiger partial charge >= 0.3 is 0 Å². The number of rotatable bonds is 2. The van der Waals surface area contributed by atoms with E-state index in [-0.39, 0.29) is 6.04 Å². The molecule has 0 aromatic carbocycles. The Morgan fingerprint density at radius 2 is 2.00 bits per heavy atom. The molecular weight excluding hydrogens is 176 g/mol. The van der Waals surface area contributed by atoms with E-state index in [0.29, 0.717) is 11.9 Å². The maximum atomic E-state index is 12.0. The van der Waals surface area contributed by atoms with E-state index in [0.717, 1.165) is 12.5 Å². The lowest BCUT2D eigenvalue weighted by Crippen LogP contribution is -2.55. The Morgan fingerprint density at radius 3 is 2.43 bits per heavy atom. The number of piperidine rings is 2. The number of amides is 1. The zero-order valence-electron chi connectivity index (χ0n) is 9.12. The summed E-state index contributed by atoms with van der Waals surface area (Å²) in [6.45, 7) is 2.96. The van der Waals surface area contributed by atoms with Crippen LogP contribution in [0.25, 0.3) is 0 Å². The highest BCUT2D eigenvalue weighted by molar-refractivity contribution is 5.82. The van der Waals surface area contributed by atoms with E-state index >= 15 is 0 Å². The van der Waals surface area contributed by atoms with Gasteiger partial charge in [-0.2, -0.15) is 0 Å². The van der Waals surface area contributed by atoms with Crippen molar-refractivity contribution in [3.8, 4) is 0 Å². The van der Waals surface area contributed by atoms with Crippen LogP contribution < -0.4 is 5.32 Å². The van der Waals surface area contributed by atoms with Gasteiger partial charge in [0, 0.05) is 12.6 Å². The van der Waals surface area contributed by atoms with Crippen LogP contribution in [0.15, 0.2) is 0 Å². The molecule has 0 spiro atoms. The Balaban J connectivity index is 2.01. The summed E-state index contributed by atoms with van der Waals surface area (Å²) >= 11 is 0. The second-order valence-corrected chi connectivity index (χ2v) is 4.68. The van der Waals surface area contributed by atoms with Gasteiger partial charge in [0.05, 0.1) is 6.04 Å². The maximum absolute atomic E-state index is 12.0. The van der Waals surface area contributed by atoms with Crippen LogP contribution >= 0.6 is 0 Å². The SMILES string of the molecule is CN[C@@H](C)C(=O)N1CC2CCC1CC2. The van der Waals surface area contributed by atoms with E-state index in [2.05, 4.69) is 10.2 Å². The first kappa shape index (κ1) is 9.97. The highest BCUT2D eigenvalue weighted by atomic mass is 16.2. The average Bonchev–Trinajstić information content (AvgIpc) is 2.28. The zero-order chi connectivity index (χ0) is 10.1. The normalized spacial score (nSPS) is 33.1. The van der Waals surface area contributed by atoms with Gasteiger partial charge in [0.15, 0.2) is 0 Å². The molecule has 3 nitrogen and oxygen atoms in total. The quantitative estimate of drug-likeness (QED) is 0.714. The molecule has 1 saturated carbocycles. The molecule has 3 heteroatoms. The lowest BCUT2D eigenvalue weighted by atomic mass is 9.80. The fraction of sp³-hybridized carbons (Fsp3) is 0.909. The molecule has 1 atom stereocenters. The minimum atomic E-state index is -0.0191. The first-order valence-corrected chi connectivity index (χ1v) is 5.70.